The first kappa shape index (κ1) is 12.3. The predicted octanol–water partition coefficient (Wildman–Crippen LogP) is 4.48. The second kappa shape index (κ2) is 5.11. The molecule has 0 saturated carbocycles. The summed E-state index contributed by atoms with van der Waals surface area (Å²) in [7, 11) is 0. The van der Waals surface area contributed by atoms with Crippen molar-refractivity contribution in [1.82, 2.24) is 0 Å². The summed E-state index contributed by atoms with van der Waals surface area (Å²) in [4.78, 5) is 10.7. The summed E-state index contributed by atoms with van der Waals surface area (Å²) in [6, 6.07) is 11.4. The van der Waals surface area contributed by atoms with Gasteiger partial charge in [0.2, 0.25) is 5.76 Å². The maximum atomic E-state index is 10.7. The maximum Gasteiger partial charge on any atom is 0.371 e. The largest absolute Gasteiger partial charge is 0.475 e. The molecule has 0 aliphatic carbocycles. The van der Waals surface area contributed by atoms with Gasteiger partial charge < -0.3 is 9.52 Å². The summed E-state index contributed by atoms with van der Waals surface area (Å²) in [5, 5.41) is 12.8. The lowest BCUT2D eigenvalue weighted by Gasteiger charge is -1.97. The first-order valence-electron chi connectivity index (χ1n) is 5.65. The van der Waals surface area contributed by atoms with Crippen molar-refractivity contribution in [2.45, 2.75) is 10.8 Å². The van der Waals surface area contributed by atoms with E-state index in [0.717, 1.165) is 5.75 Å². The number of rotatable bonds is 4. The molecule has 1 aromatic carbocycles. The van der Waals surface area contributed by atoms with Gasteiger partial charge in [-0.2, -0.15) is 0 Å². The topological polar surface area (TPSA) is 50.4 Å². The van der Waals surface area contributed by atoms with Crippen molar-refractivity contribution in [2.75, 3.05) is 0 Å². The zero-order valence-electron chi connectivity index (χ0n) is 9.83. The third-order valence-corrected chi connectivity index (χ3v) is 4.69. The molecule has 96 valence electrons. The van der Waals surface area contributed by atoms with Crippen LogP contribution < -0.4 is 0 Å². The second-order valence-electron chi connectivity index (χ2n) is 3.97. The molecule has 3 nitrogen and oxygen atoms in total. The Labute approximate surface area is 117 Å². The van der Waals surface area contributed by atoms with Crippen LogP contribution in [0.5, 0.6) is 0 Å². The standard InChI is InChI=1S/C14H10O3S2/c15-14(16)11-5-6-13(17-11)19-8-9-7-18-12-4-2-1-3-10(9)12/h1-7H,8H2,(H,15,16). The zero-order valence-corrected chi connectivity index (χ0v) is 11.5. The van der Waals surface area contributed by atoms with Gasteiger partial charge in [0.05, 0.1) is 0 Å². The summed E-state index contributed by atoms with van der Waals surface area (Å²) >= 11 is 3.23. The van der Waals surface area contributed by atoms with E-state index in [4.69, 9.17) is 9.52 Å². The Balaban J connectivity index is 1.76. The highest BCUT2D eigenvalue weighted by Gasteiger charge is 2.10. The van der Waals surface area contributed by atoms with E-state index < -0.39 is 5.97 Å². The minimum atomic E-state index is -1.03. The minimum absolute atomic E-state index is 0.0160. The van der Waals surface area contributed by atoms with Crippen LogP contribution in [-0.4, -0.2) is 11.1 Å². The highest BCUT2D eigenvalue weighted by molar-refractivity contribution is 7.98. The molecule has 0 aliphatic rings. The van der Waals surface area contributed by atoms with E-state index in [1.807, 2.05) is 12.1 Å². The summed E-state index contributed by atoms with van der Waals surface area (Å²) in [5.74, 6) is -0.276. The Kier molecular flexibility index (Phi) is 3.31. The van der Waals surface area contributed by atoms with Crippen molar-refractivity contribution in [3.05, 3.63) is 53.1 Å². The SMILES string of the molecule is O=C(O)c1ccc(SCc2csc3ccccc23)o1. The van der Waals surface area contributed by atoms with E-state index in [0.29, 0.717) is 5.09 Å². The molecule has 0 amide bonds. The fourth-order valence-electron chi connectivity index (χ4n) is 1.81. The number of carbonyl (C=O) groups is 1. The van der Waals surface area contributed by atoms with Gasteiger partial charge in [-0.05, 0) is 34.5 Å². The Morgan fingerprint density at radius 2 is 2.11 bits per heavy atom. The van der Waals surface area contributed by atoms with Gasteiger partial charge in [0, 0.05) is 10.5 Å². The lowest BCUT2D eigenvalue weighted by molar-refractivity contribution is 0.0656. The molecular formula is C14H10O3S2. The molecule has 3 aromatic rings. The molecule has 5 heteroatoms. The fraction of sp³-hybridized carbons (Fsp3) is 0.0714. The first-order chi connectivity index (χ1) is 9.24. The highest BCUT2D eigenvalue weighted by atomic mass is 32.2. The van der Waals surface area contributed by atoms with Crippen LogP contribution in [-0.2, 0) is 5.75 Å². The van der Waals surface area contributed by atoms with E-state index >= 15 is 0 Å². The van der Waals surface area contributed by atoms with Crippen LogP contribution in [0.4, 0.5) is 0 Å². The highest BCUT2D eigenvalue weighted by Crippen LogP contribution is 2.31. The number of hydrogen-bond acceptors (Lipinski definition) is 4. The van der Waals surface area contributed by atoms with Crippen LogP contribution in [0.25, 0.3) is 10.1 Å². The molecule has 0 saturated heterocycles. The Bertz CT molecular complexity index is 727. The van der Waals surface area contributed by atoms with Gasteiger partial charge in [-0.3, -0.25) is 0 Å². The molecule has 3 rings (SSSR count). The summed E-state index contributed by atoms with van der Waals surface area (Å²) in [6.45, 7) is 0. The lowest BCUT2D eigenvalue weighted by atomic mass is 10.2. The molecule has 2 heterocycles. The third-order valence-electron chi connectivity index (χ3n) is 2.72. The maximum absolute atomic E-state index is 10.7. The van der Waals surface area contributed by atoms with Gasteiger partial charge in [0.25, 0.3) is 0 Å². The fourth-order valence-corrected chi connectivity index (χ4v) is 3.72. The second-order valence-corrected chi connectivity index (χ2v) is 5.86. The van der Waals surface area contributed by atoms with Crippen molar-refractivity contribution in [3.63, 3.8) is 0 Å². The van der Waals surface area contributed by atoms with Crippen molar-refractivity contribution < 1.29 is 14.3 Å². The van der Waals surface area contributed by atoms with Crippen molar-refractivity contribution in [2.24, 2.45) is 0 Å². The molecule has 0 spiro atoms. The summed E-state index contributed by atoms with van der Waals surface area (Å²) < 4.78 is 6.49. The average Bonchev–Trinajstić information content (AvgIpc) is 3.03. The number of furan rings is 1. The molecule has 0 bridgehead atoms. The van der Waals surface area contributed by atoms with Gasteiger partial charge in [0.1, 0.15) is 0 Å². The van der Waals surface area contributed by atoms with Crippen LogP contribution >= 0.6 is 23.1 Å². The van der Waals surface area contributed by atoms with E-state index in [-0.39, 0.29) is 5.76 Å². The number of thioether (sulfide) groups is 1. The Hall–Kier alpha value is -1.72. The molecule has 2 aromatic heterocycles. The van der Waals surface area contributed by atoms with Crippen LogP contribution in [0, 0.1) is 0 Å². The van der Waals surface area contributed by atoms with E-state index in [1.54, 1.807) is 17.4 Å². The molecule has 0 radical (unpaired) electrons. The third kappa shape index (κ3) is 2.52. The van der Waals surface area contributed by atoms with Crippen LogP contribution in [0.3, 0.4) is 0 Å². The molecule has 19 heavy (non-hydrogen) atoms. The van der Waals surface area contributed by atoms with Gasteiger partial charge >= 0.3 is 5.97 Å². The summed E-state index contributed by atoms with van der Waals surface area (Å²) in [5.41, 5.74) is 1.25. The number of carboxylic acids is 1. The monoisotopic (exact) mass is 290 g/mol. The quantitative estimate of drug-likeness (QED) is 0.719. The molecular weight excluding hydrogens is 280 g/mol. The normalized spacial score (nSPS) is 10.9. The average molecular weight is 290 g/mol. The van der Waals surface area contributed by atoms with Gasteiger partial charge in [-0.25, -0.2) is 4.79 Å². The summed E-state index contributed by atoms with van der Waals surface area (Å²) in [6.07, 6.45) is 0. The first-order valence-corrected chi connectivity index (χ1v) is 7.51. The number of hydrogen-bond donors (Lipinski definition) is 1. The smallest absolute Gasteiger partial charge is 0.371 e. The van der Waals surface area contributed by atoms with Crippen molar-refractivity contribution in [3.8, 4) is 0 Å². The van der Waals surface area contributed by atoms with Crippen LogP contribution in [0.2, 0.25) is 0 Å². The number of aromatic carboxylic acids is 1. The van der Waals surface area contributed by atoms with Crippen molar-refractivity contribution in [1.29, 1.82) is 0 Å². The lowest BCUT2D eigenvalue weighted by Crippen LogP contribution is -1.91. The number of fused-ring (bicyclic) bond motifs is 1. The van der Waals surface area contributed by atoms with Crippen LogP contribution in [0.15, 0.2) is 51.3 Å². The number of carboxylic acid groups (broad SMARTS) is 1. The molecule has 0 aliphatic heterocycles. The Morgan fingerprint density at radius 3 is 2.89 bits per heavy atom. The van der Waals surface area contributed by atoms with E-state index in [9.17, 15) is 4.79 Å². The van der Waals surface area contributed by atoms with Gasteiger partial charge in [-0.1, -0.05) is 30.0 Å². The number of benzene rings is 1. The molecule has 1 N–H and O–H groups in total. The van der Waals surface area contributed by atoms with Crippen LogP contribution in [0.1, 0.15) is 16.1 Å². The molecule has 0 atom stereocenters. The zero-order chi connectivity index (χ0) is 13.2. The van der Waals surface area contributed by atoms with E-state index in [1.165, 1.54) is 33.5 Å². The molecule has 0 unspecified atom stereocenters. The number of thiophene rings is 1. The van der Waals surface area contributed by atoms with Gasteiger partial charge in [-0.15, -0.1) is 11.3 Å². The van der Waals surface area contributed by atoms with E-state index in [2.05, 4.69) is 17.5 Å². The van der Waals surface area contributed by atoms with Gasteiger partial charge in [0.15, 0.2) is 5.09 Å². The molecule has 0 fully saturated rings. The Morgan fingerprint density at radius 1 is 1.26 bits per heavy atom. The van der Waals surface area contributed by atoms with Crippen molar-refractivity contribution >= 4 is 39.2 Å². The minimum Gasteiger partial charge on any atom is -0.475 e. The predicted molar refractivity (Wildman–Crippen MR) is 77.1 cm³/mol.